The summed E-state index contributed by atoms with van der Waals surface area (Å²) in [5.74, 6) is 0.289. The lowest BCUT2D eigenvalue weighted by atomic mass is 10.4. The summed E-state index contributed by atoms with van der Waals surface area (Å²) in [5, 5.41) is 14.8. The molecule has 9 heteroatoms. The quantitative estimate of drug-likeness (QED) is 0.848. The van der Waals surface area contributed by atoms with E-state index in [0.717, 1.165) is 0 Å². The molecule has 0 aromatic carbocycles. The second kappa shape index (κ2) is 6.67. The molecule has 2 rings (SSSR count). The van der Waals surface area contributed by atoms with E-state index in [9.17, 15) is 4.79 Å². The zero-order valence-corrected chi connectivity index (χ0v) is 12.5. The number of rotatable bonds is 5. The number of halogens is 1. The topological polar surface area (TPSA) is 85.6 Å². The molecule has 7 nitrogen and oxygen atoms in total. The number of thioether (sulfide) groups is 1. The van der Waals surface area contributed by atoms with Crippen LogP contribution in [0.15, 0.2) is 23.5 Å². The minimum Gasteiger partial charge on any atom is -0.310 e. The second-order valence-electron chi connectivity index (χ2n) is 3.89. The standard InChI is InChI=1S/C11H13ClN6OS/c1-3-18-11(15-16-17-18)20-7(2)10(19)14-9-5-4-8(12)6-13-9/h4-7H,3H2,1-2H3,(H,13,14,19)/t7-/m0/s1. The molecule has 1 N–H and O–H groups in total. The van der Waals surface area contributed by atoms with Crippen LogP contribution in [0.1, 0.15) is 13.8 Å². The highest BCUT2D eigenvalue weighted by Crippen LogP contribution is 2.21. The second-order valence-corrected chi connectivity index (χ2v) is 5.63. The molecule has 1 atom stereocenters. The molecule has 0 saturated heterocycles. The first-order valence-electron chi connectivity index (χ1n) is 5.95. The van der Waals surface area contributed by atoms with Gasteiger partial charge in [0.25, 0.3) is 0 Å². The third-order valence-corrected chi connectivity index (χ3v) is 3.72. The van der Waals surface area contributed by atoms with Crippen molar-refractivity contribution in [3.05, 3.63) is 23.4 Å². The van der Waals surface area contributed by atoms with Gasteiger partial charge >= 0.3 is 0 Å². The number of aromatic nitrogens is 5. The van der Waals surface area contributed by atoms with Crippen molar-refractivity contribution in [1.29, 1.82) is 0 Å². The van der Waals surface area contributed by atoms with Gasteiger partial charge in [-0.3, -0.25) is 4.79 Å². The molecule has 0 saturated carbocycles. The summed E-state index contributed by atoms with van der Waals surface area (Å²) in [5.41, 5.74) is 0. The molecular weight excluding hydrogens is 300 g/mol. The van der Waals surface area contributed by atoms with E-state index >= 15 is 0 Å². The molecule has 2 aromatic heterocycles. The van der Waals surface area contributed by atoms with Crippen molar-refractivity contribution in [3.63, 3.8) is 0 Å². The first-order chi connectivity index (χ1) is 9.60. The van der Waals surface area contributed by atoms with Crippen LogP contribution < -0.4 is 5.32 Å². The van der Waals surface area contributed by atoms with Gasteiger partial charge in [-0.25, -0.2) is 9.67 Å². The van der Waals surface area contributed by atoms with E-state index < -0.39 is 0 Å². The summed E-state index contributed by atoms with van der Waals surface area (Å²) in [4.78, 5) is 16.1. The van der Waals surface area contributed by atoms with Gasteiger partial charge in [-0.2, -0.15) is 0 Å². The van der Waals surface area contributed by atoms with Crippen LogP contribution >= 0.6 is 23.4 Å². The molecule has 0 aliphatic carbocycles. The number of nitrogens with zero attached hydrogens (tertiary/aromatic N) is 5. The Labute approximate surface area is 125 Å². The molecule has 0 unspecified atom stereocenters. The van der Waals surface area contributed by atoms with Crippen molar-refractivity contribution < 1.29 is 4.79 Å². The van der Waals surface area contributed by atoms with Crippen molar-refractivity contribution in [1.82, 2.24) is 25.2 Å². The van der Waals surface area contributed by atoms with E-state index in [1.165, 1.54) is 18.0 Å². The third-order valence-electron chi connectivity index (χ3n) is 2.43. The Balaban J connectivity index is 1.97. The fourth-order valence-electron chi connectivity index (χ4n) is 1.37. The predicted molar refractivity (Wildman–Crippen MR) is 76.7 cm³/mol. The smallest absolute Gasteiger partial charge is 0.238 e. The maximum atomic E-state index is 12.0. The number of pyridine rings is 1. The Bertz CT molecular complexity index is 587. The van der Waals surface area contributed by atoms with E-state index in [1.54, 1.807) is 23.7 Å². The molecule has 0 aliphatic heterocycles. The molecule has 1 amide bonds. The first-order valence-corrected chi connectivity index (χ1v) is 7.21. The SMILES string of the molecule is CCn1nnnc1S[C@@H](C)C(=O)Nc1ccc(Cl)cn1. The first kappa shape index (κ1) is 14.7. The minimum absolute atomic E-state index is 0.171. The fourth-order valence-corrected chi connectivity index (χ4v) is 2.33. The minimum atomic E-state index is -0.344. The van der Waals surface area contributed by atoms with E-state index in [4.69, 9.17) is 11.6 Å². The highest BCUT2D eigenvalue weighted by molar-refractivity contribution is 8.00. The number of hydrogen-bond donors (Lipinski definition) is 1. The van der Waals surface area contributed by atoms with E-state index in [0.29, 0.717) is 22.5 Å². The van der Waals surface area contributed by atoms with Gasteiger partial charge < -0.3 is 5.32 Å². The van der Waals surface area contributed by atoms with Crippen molar-refractivity contribution in [2.24, 2.45) is 0 Å². The molecule has 0 radical (unpaired) electrons. The highest BCUT2D eigenvalue weighted by Gasteiger charge is 2.18. The number of nitrogens with one attached hydrogen (secondary N) is 1. The average molecular weight is 313 g/mol. The Hall–Kier alpha value is -1.67. The van der Waals surface area contributed by atoms with Gasteiger partial charge in [0.2, 0.25) is 11.1 Å². The van der Waals surface area contributed by atoms with Crippen LogP contribution in [0.5, 0.6) is 0 Å². The molecular formula is C11H13ClN6OS. The van der Waals surface area contributed by atoms with Gasteiger partial charge in [-0.15, -0.1) is 5.10 Å². The van der Waals surface area contributed by atoms with Gasteiger partial charge in [0.1, 0.15) is 5.82 Å². The summed E-state index contributed by atoms with van der Waals surface area (Å²) in [6, 6.07) is 3.31. The predicted octanol–water partition coefficient (Wildman–Crippen LogP) is 1.86. The van der Waals surface area contributed by atoms with Crippen LogP contribution in [0.25, 0.3) is 0 Å². The van der Waals surface area contributed by atoms with Gasteiger partial charge in [-0.1, -0.05) is 23.4 Å². The number of amides is 1. The summed E-state index contributed by atoms with van der Waals surface area (Å²) < 4.78 is 1.63. The number of hydrogen-bond acceptors (Lipinski definition) is 6. The third kappa shape index (κ3) is 3.67. The molecule has 2 heterocycles. The zero-order valence-electron chi connectivity index (χ0n) is 10.9. The van der Waals surface area contributed by atoms with Crippen LogP contribution in [0.3, 0.4) is 0 Å². The molecule has 0 spiro atoms. The van der Waals surface area contributed by atoms with Crippen LogP contribution in [-0.4, -0.2) is 36.3 Å². The van der Waals surface area contributed by atoms with Crippen LogP contribution in [0.2, 0.25) is 5.02 Å². The van der Waals surface area contributed by atoms with E-state index in [-0.39, 0.29) is 11.2 Å². The summed E-state index contributed by atoms with van der Waals surface area (Å²) in [6.45, 7) is 4.37. The average Bonchev–Trinajstić information content (AvgIpc) is 2.88. The summed E-state index contributed by atoms with van der Waals surface area (Å²) in [6.07, 6.45) is 1.48. The molecule has 106 valence electrons. The maximum Gasteiger partial charge on any atom is 0.238 e. The van der Waals surface area contributed by atoms with E-state index in [2.05, 4.69) is 25.8 Å². The number of carbonyl (C=O) groups is 1. The van der Waals surface area contributed by atoms with E-state index in [1.807, 2.05) is 6.92 Å². The molecule has 0 aliphatic rings. The van der Waals surface area contributed by atoms with Crippen LogP contribution in [-0.2, 0) is 11.3 Å². The van der Waals surface area contributed by atoms with Crippen LogP contribution in [0, 0.1) is 0 Å². The molecule has 0 fully saturated rings. The molecule has 20 heavy (non-hydrogen) atoms. The monoisotopic (exact) mass is 312 g/mol. The molecule has 0 bridgehead atoms. The zero-order chi connectivity index (χ0) is 14.5. The largest absolute Gasteiger partial charge is 0.310 e. The maximum absolute atomic E-state index is 12.0. The number of tetrazole rings is 1. The number of carbonyl (C=O) groups excluding carboxylic acids is 1. The lowest BCUT2D eigenvalue weighted by Crippen LogP contribution is -2.23. The van der Waals surface area contributed by atoms with Crippen molar-refractivity contribution >= 4 is 35.1 Å². The lowest BCUT2D eigenvalue weighted by molar-refractivity contribution is -0.115. The number of anilines is 1. The number of aryl methyl sites for hydroxylation is 1. The normalized spacial score (nSPS) is 12.2. The van der Waals surface area contributed by atoms with Gasteiger partial charge in [-0.05, 0) is 36.4 Å². The van der Waals surface area contributed by atoms with Crippen LogP contribution in [0.4, 0.5) is 5.82 Å². The van der Waals surface area contributed by atoms with Gasteiger partial charge in [0.15, 0.2) is 0 Å². The van der Waals surface area contributed by atoms with Gasteiger partial charge in [0.05, 0.1) is 10.3 Å². The highest BCUT2D eigenvalue weighted by atomic mass is 35.5. The summed E-state index contributed by atoms with van der Waals surface area (Å²) >= 11 is 7.03. The Kier molecular flexibility index (Phi) is 4.91. The van der Waals surface area contributed by atoms with Crippen molar-refractivity contribution in [2.45, 2.75) is 30.8 Å². The lowest BCUT2D eigenvalue weighted by Gasteiger charge is -2.10. The molecule has 2 aromatic rings. The fraction of sp³-hybridized carbons (Fsp3) is 0.364. The van der Waals surface area contributed by atoms with Crippen molar-refractivity contribution in [2.75, 3.05) is 5.32 Å². The summed E-state index contributed by atoms with van der Waals surface area (Å²) in [7, 11) is 0. The Morgan fingerprint density at radius 2 is 2.35 bits per heavy atom. The van der Waals surface area contributed by atoms with Crippen molar-refractivity contribution in [3.8, 4) is 0 Å². The van der Waals surface area contributed by atoms with Gasteiger partial charge in [0, 0.05) is 12.7 Å². The Morgan fingerprint density at radius 3 is 3.00 bits per heavy atom. The Morgan fingerprint density at radius 1 is 1.55 bits per heavy atom.